The lowest BCUT2D eigenvalue weighted by molar-refractivity contribution is -0.127. The molecule has 6 nitrogen and oxygen atoms in total. The van der Waals surface area contributed by atoms with Crippen molar-refractivity contribution in [3.8, 4) is 0 Å². The van der Waals surface area contributed by atoms with Crippen LogP contribution in [0.2, 0.25) is 0 Å². The number of sulfonamides is 1. The van der Waals surface area contributed by atoms with Gasteiger partial charge in [0, 0.05) is 31.1 Å². The number of hydrogen-bond acceptors (Lipinski definition) is 4. The van der Waals surface area contributed by atoms with E-state index in [-0.39, 0.29) is 11.8 Å². The number of nitrogens with one attached hydrogen (secondary N) is 1. The summed E-state index contributed by atoms with van der Waals surface area (Å²) < 4.78 is 28.1. The second-order valence-corrected chi connectivity index (χ2v) is 10.2. The van der Waals surface area contributed by atoms with Crippen molar-refractivity contribution < 1.29 is 13.2 Å². The Balaban J connectivity index is 2.18. The second-order valence-electron chi connectivity index (χ2n) is 8.35. The Morgan fingerprint density at radius 2 is 1.63 bits per heavy atom. The molecule has 0 spiro atoms. The fourth-order valence-electron chi connectivity index (χ4n) is 3.54. The summed E-state index contributed by atoms with van der Waals surface area (Å²) in [6.45, 7) is 12.5. The van der Waals surface area contributed by atoms with Crippen LogP contribution in [-0.4, -0.2) is 43.8 Å². The molecule has 1 fully saturated rings. The number of rotatable bonds is 5. The minimum absolute atomic E-state index is 0.0405. The zero-order valence-corrected chi connectivity index (χ0v) is 18.2. The summed E-state index contributed by atoms with van der Waals surface area (Å²) in [7, 11) is -3.58. The molecular formula is C20H33N3O3S. The van der Waals surface area contributed by atoms with Gasteiger partial charge in [0.25, 0.3) is 0 Å². The molecule has 0 aliphatic carbocycles. The standard InChI is InChI=1S/C20H33N3O3S/c1-13-11-14(2)16(4)18(15(13)3)27(25,26)23-9-7-17(8-10-23)19(24)22-20(5,6)12-21/h11,17H,7-10,12,21H2,1-6H3,(H,22,24). The topological polar surface area (TPSA) is 92.5 Å². The maximum atomic E-state index is 13.3. The molecule has 1 aromatic rings. The average Bonchev–Trinajstić information content (AvgIpc) is 2.60. The molecule has 0 aromatic heterocycles. The zero-order chi connectivity index (χ0) is 20.6. The Morgan fingerprint density at radius 3 is 2.07 bits per heavy atom. The highest BCUT2D eigenvalue weighted by molar-refractivity contribution is 7.89. The van der Waals surface area contributed by atoms with Crippen LogP contribution in [-0.2, 0) is 14.8 Å². The Hall–Kier alpha value is -1.44. The molecular weight excluding hydrogens is 362 g/mol. The summed E-state index contributed by atoms with van der Waals surface area (Å²) in [5.74, 6) is -0.218. The lowest BCUT2D eigenvalue weighted by Crippen LogP contribution is -2.52. The van der Waals surface area contributed by atoms with Gasteiger partial charge in [-0.05, 0) is 76.6 Å². The quantitative estimate of drug-likeness (QED) is 0.799. The minimum Gasteiger partial charge on any atom is -0.350 e. The highest BCUT2D eigenvalue weighted by Crippen LogP contribution is 2.31. The van der Waals surface area contributed by atoms with E-state index >= 15 is 0 Å². The molecule has 1 aliphatic heterocycles. The van der Waals surface area contributed by atoms with E-state index in [0.29, 0.717) is 37.4 Å². The van der Waals surface area contributed by atoms with Gasteiger partial charge in [-0.2, -0.15) is 4.31 Å². The monoisotopic (exact) mass is 395 g/mol. The van der Waals surface area contributed by atoms with Gasteiger partial charge in [0.05, 0.1) is 4.90 Å². The van der Waals surface area contributed by atoms with E-state index in [1.54, 1.807) is 0 Å². The summed E-state index contributed by atoms with van der Waals surface area (Å²) in [6.07, 6.45) is 1.04. The summed E-state index contributed by atoms with van der Waals surface area (Å²) >= 11 is 0. The van der Waals surface area contributed by atoms with Crippen LogP contribution in [0.15, 0.2) is 11.0 Å². The normalized spacial score (nSPS) is 17.1. The van der Waals surface area contributed by atoms with Crippen molar-refractivity contribution in [2.45, 2.75) is 64.8 Å². The maximum Gasteiger partial charge on any atom is 0.243 e. The highest BCUT2D eigenvalue weighted by Gasteiger charge is 2.35. The van der Waals surface area contributed by atoms with E-state index in [9.17, 15) is 13.2 Å². The van der Waals surface area contributed by atoms with Crippen molar-refractivity contribution in [3.05, 3.63) is 28.3 Å². The molecule has 7 heteroatoms. The zero-order valence-electron chi connectivity index (χ0n) is 17.3. The Morgan fingerprint density at radius 1 is 1.15 bits per heavy atom. The van der Waals surface area contributed by atoms with Gasteiger partial charge in [0.2, 0.25) is 15.9 Å². The van der Waals surface area contributed by atoms with Crippen LogP contribution in [0, 0.1) is 33.6 Å². The number of piperidine rings is 1. The lowest BCUT2D eigenvalue weighted by Gasteiger charge is -2.33. The predicted molar refractivity (Wildman–Crippen MR) is 108 cm³/mol. The van der Waals surface area contributed by atoms with Crippen LogP contribution in [0.4, 0.5) is 0 Å². The van der Waals surface area contributed by atoms with Crippen LogP contribution in [0.3, 0.4) is 0 Å². The Labute approximate surface area is 163 Å². The molecule has 27 heavy (non-hydrogen) atoms. The van der Waals surface area contributed by atoms with E-state index < -0.39 is 15.6 Å². The minimum atomic E-state index is -3.58. The first-order valence-corrected chi connectivity index (χ1v) is 10.9. The SMILES string of the molecule is Cc1cc(C)c(C)c(S(=O)(=O)N2CCC(C(=O)NC(C)(C)CN)CC2)c1C. The first kappa shape index (κ1) is 21.9. The number of carbonyl (C=O) groups excluding carboxylic acids is 1. The molecule has 0 saturated carbocycles. The fourth-order valence-corrected chi connectivity index (χ4v) is 5.59. The van der Waals surface area contributed by atoms with Crippen molar-refractivity contribution in [1.29, 1.82) is 0 Å². The number of nitrogens with zero attached hydrogens (tertiary/aromatic N) is 1. The van der Waals surface area contributed by atoms with Crippen LogP contribution in [0.1, 0.15) is 48.9 Å². The lowest BCUT2D eigenvalue weighted by atomic mass is 9.95. The predicted octanol–water partition coefficient (Wildman–Crippen LogP) is 2.17. The molecule has 1 saturated heterocycles. The molecule has 1 heterocycles. The van der Waals surface area contributed by atoms with Gasteiger partial charge in [-0.15, -0.1) is 0 Å². The smallest absolute Gasteiger partial charge is 0.243 e. The van der Waals surface area contributed by atoms with Gasteiger partial charge < -0.3 is 11.1 Å². The summed E-state index contributed by atoms with van der Waals surface area (Å²) in [4.78, 5) is 12.9. The van der Waals surface area contributed by atoms with Crippen molar-refractivity contribution in [2.24, 2.45) is 11.7 Å². The number of benzene rings is 1. The van der Waals surface area contributed by atoms with Crippen molar-refractivity contribution in [3.63, 3.8) is 0 Å². The maximum absolute atomic E-state index is 13.3. The third kappa shape index (κ3) is 4.52. The third-order valence-corrected chi connectivity index (χ3v) is 7.86. The van der Waals surface area contributed by atoms with Crippen LogP contribution >= 0.6 is 0 Å². The Bertz CT molecular complexity index is 797. The number of hydrogen-bond donors (Lipinski definition) is 2. The van der Waals surface area contributed by atoms with E-state index in [2.05, 4.69) is 5.32 Å². The first-order chi connectivity index (χ1) is 12.4. The number of amides is 1. The van der Waals surface area contributed by atoms with Crippen LogP contribution in [0.5, 0.6) is 0 Å². The van der Waals surface area contributed by atoms with Crippen molar-refractivity contribution >= 4 is 15.9 Å². The van der Waals surface area contributed by atoms with E-state index in [4.69, 9.17) is 5.73 Å². The second kappa shape index (κ2) is 7.89. The van der Waals surface area contributed by atoms with Gasteiger partial charge >= 0.3 is 0 Å². The largest absolute Gasteiger partial charge is 0.350 e. The number of aryl methyl sites for hydroxylation is 2. The van der Waals surface area contributed by atoms with Gasteiger partial charge in [-0.25, -0.2) is 8.42 Å². The van der Waals surface area contributed by atoms with Crippen molar-refractivity contribution in [1.82, 2.24) is 9.62 Å². The summed E-state index contributed by atoms with van der Waals surface area (Å²) in [5.41, 5.74) is 8.81. The molecule has 0 atom stereocenters. The van der Waals surface area contributed by atoms with Crippen molar-refractivity contribution in [2.75, 3.05) is 19.6 Å². The molecule has 1 aromatic carbocycles. The van der Waals surface area contributed by atoms with Gasteiger partial charge in [0.1, 0.15) is 0 Å². The highest BCUT2D eigenvalue weighted by atomic mass is 32.2. The van der Waals surface area contributed by atoms with Gasteiger partial charge in [-0.3, -0.25) is 4.79 Å². The molecule has 152 valence electrons. The molecule has 2 rings (SSSR count). The molecule has 0 unspecified atom stereocenters. The van der Waals surface area contributed by atoms with E-state index in [0.717, 1.165) is 22.3 Å². The van der Waals surface area contributed by atoms with E-state index in [1.807, 2.05) is 47.6 Å². The molecule has 1 amide bonds. The van der Waals surface area contributed by atoms with Gasteiger partial charge in [0.15, 0.2) is 0 Å². The average molecular weight is 396 g/mol. The van der Waals surface area contributed by atoms with Gasteiger partial charge in [-0.1, -0.05) is 6.07 Å². The first-order valence-electron chi connectivity index (χ1n) is 9.50. The summed E-state index contributed by atoms with van der Waals surface area (Å²) in [6, 6.07) is 2.03. The fraction of sp³-hybridized carbons (Fsp3) is 0.650. The molecule has 0 radical (unpaired) electrons. The third-order valence-electron chi connectivity index (χ3n) is 5.69. The van der Waals surface area contributed by atoms with Crippen LogP contribution in [0.25, 0.3) is 0 Å². The van der Waals surface area contributed by atoms with Crippen LogP contribution < -0.4 is 11.1 Å². The Kier molecular flexibility index (Phi) is 6.39. The number of nitrogens with two attached hydrogens (primary N) is 1. The molecule has 1 aliphatic rings. The van der Waals surface area contributed by atoms with E-state index in [1.165, 1.54) is 4.31 Å². The molecule has 3 N–H and O–H groups in total. The molecule has 0 bridgehead atoms. The summed E-state index contributed by atoms with van der Waals surface area (Å²) in [5, 5.41) is 2.96. The number of carbonyl (C=O) groups is 1.